The Hall–Kier alpha value is -2.55. The van der Waals surface area contributed by atoms with Gasteiger partial charge in [0.05, 0.1) is 24.0 Å². The van der Waals surface area contributed by atoms with Crippen LogP contribution in [-0.4, -0.2) is 29.4 Å². The van der Waals surface area contributed by atoms with Crippen molar-refractivity contribution in [2.24, 2.45) is 4.99 Å². The fourth-order valence-electron chi connectivity index (χ4n) is 3.77. The number of halogens is 1. The predicted octanol–water partition coefficient (Wildman–Crippen LogP) is 4.30. The maximum absolute atomic E-state index is 5.77. The molecule has 30 heavy (non-hydrogen) atoms. The lowest BCUT2D eigenvalue weighted by Gasteiger charge is -2.28. The Morgan fingerprint density at radius 3 is 2.70 bits per heavy atom. The van der Waals surface area contributed by atoms with Crippen LogP contribution in [-0.2, 0) is 6.54 Å². The number of nitrogens with one attached hydrogen (secondary N) is 2. The van der Waals surface area contributed by atoms with Gasteiger partial charge in [-0.2, -0.15) is 5.10 Å². The number of aryl methyl sites for hydroxylation is 2. The van der Waals surface area contributed by atoms with Gasteiger partial charge in [-0.3, -0.25) is 4.99 Å². The maximum atomic E-state index is 5.77. The zero-order valence-electron chi connectivity index (χ0n) is 17.6. The monoisotopic (exact) mass is 517 g/mol. The molecule has 0 saturated heterocycles. The van der Waals surface area contributed by atoms with Crippen LogP contribution in [0.5, 0.6) is 5.75 Å². The molecule has 2 heterocycles. The van der Waals surface area contributed by atoms with Gasteiger partial charge in [0.25, 0.3) is 0 Å². The first-order chi connectivity index (χ1) is 14.2. The summed E-state index contributed by atoms with van der Waals surface area (Å²) in [6.45, 7) is 5.45. The van der Waals surface area contributed by atoms with Gasteiger partial charge < -0.3 is 15.4 Å². The average molecular weight is 517 g/mol. The number of aromatic nitrogens is 2. The summed E-state index contributed by atoms with van der Waals surface area (Å²) in [5.41, 5.74) is 5.55. The van der Waals surface area contributed by atoms with E-state index < -0.39 is 0 Å². The summed E-state index contributed by atoms with van der Waals surface area (Å²) in [6, 6.07) is 18.8. The lowest BCUT2D eigenvalue weighted by atomic mass is 10.0. The van der Waals surface area contributed by atoms with Crippen molar-refractivity contribution in [3.8, 4) is 11.4 Å². The molecule has 1 aliphatic rings. The highest BCUT2D eigenvalue weighted by Crippen LogP contribution is 2.31. The van der Waals surface area contributed by atoms with Crippen LogP contribution in [0.2, 0.25) is 0 Å². The molecule has 0 bridgehead atoms. The summed E-state index contributed by atoms with van der Waals surface area (Å²) < 4.78 is 7.76. The van der Waals surface area contributed by atoms with Crippen LogP contribution in [0.4, 0.5) is 0 Å². The van der Waals surface area contributed by atoms with E-state index in [2.05, 4.69) is 58.0 Å². The molecule has 0 fully saturated rings. The Labute approximate surface area is 194 Å². The molecule has 1 aromatic heterocycles. The van der Waals surface area contributed by atoms with Crippen LogP contribution in [0.1, 0.15) is 35.0 Å². The number of ether oxygens (including phenoxy) is 1. The maximum Gasteiger partial charge on any atom is 0.191 e. The van der Waals surface area contributed by atoms with E-state index in [1.807, 2.05) is 35.9 Å². The van der Waals surface area contributed by atoms with Crippen LogP contribution in [0.25, 0.3) is 5.69 Å². The Morgan fingerprint density at radius 1 is 1.17 bits per heavy atom. The molecule has 1 atom stereocenters. The Bertz CT molecular complexity index is 1030. The van der Waals surface area contributed by atoms with E-state index in [0.717, 1.165) is 40.8 Å². The van der Waals surface area contributed by atoms with Crippen molar-refractivity contribution in [3.05, 3.63) is 77.1 Å². The van der Waals surface area contributed by atoms with Crippen molar-refractivity contribution < 1.29 is 4.74 Å². The summed E-state index contributed by atoms with van der Waals surface area (Å²) >= 11 is 0. The lowest BCUT2D eigenvalue weighted by molar-refractivity contribution is 0.261. The standard InChI is InChI=1S/C23H27N5O.HI/c1-16-14-17(2)28(27-16)21-10-6-4-8-18(21)15-25-23(24-3)26-20-12-13-29-22-11-7-5-9-19(20)22;/h4-11,14,20H,12-13,15H2,1-3H3,(H2,24,25,26);1H. The minimum atomic E-state index is 0. The van der Waals surface area contributed by atoms with Gasteiger partial charge in [0.15, 0.2) is 5.96 Å². The van der Waals surface area contributed by atoms with Crippen LogP contribution >= 0.6 is 24.0 Å². The van der Waals surface area contributed by atoms with Crippen LogP contribution in [0, 0.1) is 13.8 Å². The van der Waals surface area contributed by atoms with Gasteiger partial charge in [-0.1, -0.05) is 36.4 Å². The number of benzene rings is 2. The minimum Gasteiger partial charge on any atom is -0.493 e. The smallest absolute Gasteiger partial charge is 0.191 e. The highest BCUT2D eigenvalue weighted by atomic mass is 127. The average Bonchev–Trinajstić information content (AvgIpc) is 3.09. The fraction of sp³-hybridized carbons (Fsp3) is 0.304. The molecule has 0 spiro atoms. The summed E-state index contributed by atoms with van der Waals surface area (Å²) in [5.74, 6) is 1.72. The topological polar surface area (TPSA) is 63.5 Å². The first kappa shape index (κ1) is 22.1. The van der Waals surface area contributed by atoms with Gasteiger partial charge in [-0.15, -0.1) is 24.0 Å². The predicted molar refractivity (Wildman–Crippen MR) is 131 cm³/mol. The molecule has 6 nitrogen and oxygen atoms in total. The fourth-order valence-corrected chi connectivity index (χ4v) is 3.77. The summed E-state index contributed by atoms with van der Waals surface area (Å²) in [5, 5.41) is 11.6. The van der Waals surface area contributed by atoms with Crippen LogP contribution in [0.3, 0.4) is 0 Å². The Kier molecular flexibility index (Phi) is 7.36. The van der Waals surface area contributed by atoms with E-state index in [1.54, 1.807) is 7.05 Å². The van der Waals surface area contributed by atoms with Crippen molar-refractivity contribution in [2.45, 2.75) is 32.9 Å². The van der Waals surface area contributed by atoms with Gasteiger partial charge in [-0.25, -0.2) is 4.68 Å². The molecule has 1 aliphatic heterocycles. The molecule has 7 heteroatoms. The third-order valence-electron chi connectivity index (χ3n) is 5.17. The van der Waals surface area contributed by atoms with E-state index >= 15 is 0 Å². The van der Waals surface area contributed by atoms with Crippen LogP contribution < -0.4 is 15.4 Å². The second-order valence-electron chi connectivity index (χ2n) is 7.27. The van der Waals surface area contributed by atoms with Crippen molar-refractivity contribution in [3.63, 3.8) is 0 Å². The largest absolute Gasteiger partial charge is 0.493 e. The van der Waals surface area contributed by atoms with Gasteiger partial charge >= 0.3 is 0 Å². The van der Waals surface area contributed by atoms with Gasteiger partial charge in [0, 0.05) is 31.3 Å². The minimum absolute atomic E-state index is 0. The number of rotatable bonds is 4. The second-order valence-corrected chi connectivity index (χ2v) is 7.27. The van der Waals surface area contributed by atoms with Crippen molar-refractivity contribution >= 4 is 29.9 Å². The molecule has 4 rings (SSSR count). The van der Waals surface area contributed by atoms with Crippen molar-refractivity contribution in [2.75, 3.05) is 13.7 Å². The van der Waals surface area contributed by atoms with Gasteiger partial charge in [0.1, 0.15) is 5.75 Å². The summed E-state index contributed by atoms with van der Waals surface area (Å²) in [7, 11) is 1.80. The number of nitrogens with zero attached hydrogens (tertiary/aromatic N) is 3. The Morgan fingerprint density at radius 2 is 1.93 bits per heavy atom. The van der Waals surface area contributed by atoms with Crippen LogP contribution in [0.15, 0.2) is 59.6 Å². The summed E-state index contributed by atoms with van der Waals surface area (Å²) in [4.78, 5) is 4.43. The number of aliphatic imine (C=N–C) groups is 1. The third kappa shape index (κ3) is 4.77. The van der Waals surface area contributed by atoms with Gasteiger partial charge in [-0.05, 0) is 37.6 Å². The van der Waals surface area contributed by atoms with E-state index in [1.165, 1.54) is 5.56 Å². The first-order valence-corrected chi connectivity index (χ1v) is 9.96. The number of para-hydroxylation sites is 2. The zero-order chi connectivity index (χ0) is 20.2. The van der Waals surface area contributed by atoms with E-state index in [4.69, 9.17) is 4.74 Å². The lowest BCUT2D eigenvalue weighted by Crippen LogP contribution is -2.40. The molecule has 0 aliphatic carbocycles. The Balaban J connectivity index is 0.00000256. The number of hydrogen-bond acceptors (Lipinski definition) is 3. The van der Waals surface area contributed by atoms with E-state index in [-0.39, 0.29) is 30.0 Å². The first-order valence-electron chi connectivity index (χ1n) is 9.96. The molecule has 2 aromatic carbocycles. The molecular weight excluding hydrogens is 489 g/mol. The molecule has 3 aromatic rings. The zero-order valence-corrected chi connectivity index (χ0v) is 19.9. The number of fused-ring (bicyclic) bond motifs is 1. The highest BCUT2D eigenvalue weighted by Gasteiger charge is 2.21. The molecule has 0 saturated carbocycles. The van der Waals surface area contributed by atoms with E-state index in [9.17, 15) is 0 Å². The van der Waals surface area contributed by atoms with Crippen molar-refractivity contribution in [1.29, 1.82) is 0 Å². The second kappa shape index (κ2) is 9.97. The molecule has 2 N–H and O–H groups in total. The number of hydrogen-bond donors (Lipinski definition) is 2. The van der Waals surface area contributed by atoms with Crippen molar-refractivity contribution in [1.82, 2.24) is 20.4 Å². The molecule has 0 radical (unpaired) electrons. The SMILES string of the molecule is CN=C(NCc1ccccc1-n1nc(C)cc1C)NC1CCOc2ccccc21.I. The molecule has 158 valence electrons. The third-order valence-corrected chi connectivity index (χ3v) is 5.17. The van der Waals surface area contributed by atoms with E-state index in [0.29, 0.717) is 13.2 Å². The molecule has 1 unspecified atom stereocenters. The molecule has 0 amide bonds. The summed E-state index contributed by atoms with van der Waals surface area (Å²) in [6.07, 6.45) is 0.903. The molecular formula is C23H28IN5O. The van der Waals surface area contributed by atoms with Gasteiger partial charge in [0.2, 0.25) is 0 Å². The normalized spacial score (nSPS) is 15.6. The highest BCUT2D eigenvalue weighted by molar-refractivity contribution is 14.0. The number of guanidine groups is 1. The quantitative estimate of drug-likeness (QED) is 0.308.